The molecule has 0 aliphatic carbocycles. The highest BCUT2D eigenvalue weighted by Crippen LogP contribution is 2.20. The predicted molar refractivity (Wildman–Crippen MR) is 93.6 cm³/mol. The van der Waals surface area contributed by atoms with Crippen LogP contribution in [0, 0.1) is 0 Å². The van der Waals surface area contributed by atoms with Crippen molar-refractivity contribution in [2.75, 3.05) is 23.7 Å². The molecule has 26 heavy (non-hydrogen) atoms. The number of ether oxygens (including phenoxy) is 2. The molecule has 10 heteroatoms. The molecule has 144 valence electrons. The van der Waals surface area contributed by atoms with E-state index >= 15 is 0 Å². The van der Waals surface area contributed by atoms with Crippen LogP contribution in [0.5, 0.6) is 5.75 Å². The Balaban J connectivity index is 1.97. The molecule has 1 amide bonds. The third-order valence-corrected chi connectivity index (χ3v) is 4.82. The summed E-state index contributed by atoms with van der Waals surface area (Å²) >= 11 is 0. The number of carboxylic acid groups (broad SMARTS) is 1. The molecule has 1 aliphatic rings. The lowest BCUT2D eigenvalue weighted by atomic mass is 9.99. The summed E-state index contributed by atoms with van der Waals surface area (Å²) in [6.07, 6.45) is 0.0705. The lowest BCUT2D eigenvalue weighted by Crippen LogP contribution is -2.56. The van der Waals surface area contributed by atoms with Gasteiger partial charge in [-0.1, -0.05) is 0 Å². The zero-order valence-corrected chi connectivity index (χ0v) is 15.3. The zero-order valence-electron chi connectivity index (χ0n) is 14.5. The van der Waals surface area contributed by atoms with Gasteiger partial charge in [0.25, 0.3) is 0 Å². The van der Waals surface area contributed by atoms with E-state index in [1.807, 2.05) is 13.8 Å². The molecule has 0 bridgehead atoms. The molecule has 1 aromatic carbocycles. The first-order valence-corrected chi connectivity index (χ1v) is 9.66. The van der Waals surface area contributed by atoms with Crippen LogP contribution < -0.4 is 14.8 Å². The molecular formula is C16H22N2O7S. The van der Waals surface area contributed by atoms with E-state index in [9.17, 15) is 23.1 Å². The first-order chi connectivity index (χ1) is 12.1. The van der Waals surface area contributed by atoms with E-state index in [0.717, 1.165) is 0 Å². The van der Waals surface area contributed by atoms with E-state index in [1.54, 1.807) is 12.1 Å². The van der Waals surface area contributed by atoms with Crippen molar-refractivity contribution in [1.29, 1.82) is 0 Å². The number of carbonyl (C=O) groups excluding carboxylic acids is 1. The summed E-state index contributed by atoms with van der Waals surface area (Å²) in [5.41, 5.74) is -1.31. The van der Waals surface area contributed by atoms with Gasteiger partial charge in [0.15, 0.2) is 5.54 Å². The van der Waals surface area contributed by atoms with Gasteiger partial charge in [-0.3, -0.25) is 9.52 Å². The van der Waals surface area contributed by atoms with Crippen LogP contribution in [-0.4, -0.2) is 56.0 Å². The van der Waals surface area contributed by atoms with Crippen molar-refractivity contribution in [2.45, 2.75) is 31.9 Å². The number of hydrogen-bond donors (Lipinski definition) is 3. The van der Waals surface area contributed by atoms with Crippen LogP contribution >= 0.6 is 0 Å². The summed E-state index contributed by atoms with van der Waals surface area (Å²) in [7, 11) is -4.00. The Morgan fingerprint density at radius 2 is 1.96 bits per heavy atom. The molecule has 1 heterocycles. The van der Waals surface area contributed by atoms with Crippen LogP contribution in [0.4, 0.5) is 5.69 Å². The van der Waals surface area contributed by atoms with Crippen molar-refractivity contribution >= 4 is 27.6 Å². The van der Waals surface area contributed by atoms with Crippen molar-refractivity contribution in [2.24, 2.45) is 0 Å². The predicted octanol–water partition coefficient (Wildman–Crippen LogP) is 0.575. The number of carbonyl (C=O) groups is 2. The number of rotatable bonds is 8. The summed E-state index contributed by atoms with van der Waals surface area (Å²) in [6.45, 7) is 3.73. The van der Waals surface area contributed by atoms with Gasteiger partial charge < -0.3 is 19.9 Å². The van der Waals surface area contributed by atoms with Crippen LogP contribution in [0.25, 0.3) is 0 Å². The zero-order chi connectivity index (χ0) is 19.4. The summed E-state index contributed by atoms with van der Waals surface area (Å²) in [6, 6.07) is 6.23. The van der Waals surface area contributed by atoms with Crippen molar-refractivity contribution < 1.29 is 32.6 Å². The minimum atomic E-state index is -4.00. The fraction of sp³-hybridized carbons (Fsp3) is 0.500. The fourth-order valence-corrected chi connectivity index (χ4v) is 3.44. The maximum Gasteiger partial charge on any atom is 0.331 e. The molecule has 2 rings (SSSR count). The minimum Gasteiger partial charge on any atom is -0.491 e. The van der Waals surface area contributed by atoms with Crippen molar-refractivity contribution in [1.82, 2.24) is 5.32 Å². The lowest BCUT2D eigenvalue weighted by Gasteiger charge is -2.23. The molecule has 0 spiro atoms. The van der Waals surface area contributed by atoms with Crippen molar-refractivity contribution in [3.63, 3.8) is 0 Å². The molecule has 1 aliphatic heterocycles. The molecule has 1 saturated heterocycles. The van der Waals surface area contributed by atoms with Crippen molar-refractivity contribution in [3.8, 4) is 5.75 Å². The summed E-state index contributed by atoms with van der Waals surface area (Å²) in [5.74, 6) is -2.48. The number of sulfonamides is 1. The first-order valence-electron chi connectivity index (χ1n) is 8.01. The van der Waals surface area contributed by atoms with E-state index < -0.39 is 33.2 Å². The van der Waals surface area contributed by atoms with Crippen LogP contribution in [0.1, 0.15) is 20.3 Å². The number of benzene rings is 1. The maximum absolute atomic E-state index is 12.1. The van der Waals surface area contributed by atoms with Gasteiger partial charge in [-0.15, -0.1) is 0 Å². The Labute approximate surface area is 151 Å². The van der Waals surface area contributed by atoms with Crippen LogP contribution in [0.3, 0.4) is 0 Å². The molecule has 0 saturated carbocycles. The van der Waals surface area contributed by atoms with Crippen LogP contribution in [0.15, 0.2) is 24.3 Å². The van der Waals surface area contributed by atoms with Gasteiger partial charge in [-0.05, 0) is 38.1 Å². The number of anilines is 1. The van der Waals surface area contributed by atoms with Crippen molar-refractivity contribution in [3.05, 3.63) is 24.3 Å². The van der Waals surface area contributed by atoms with Gasteiger partial charge in [0, 0.05) is 18.7 Å². The third kappa shape index (κ3) is 5.33. The monoisotopic (exact) mass is 386 g/mol. The quantitative estimate of drug-likeness (QED) is 0.595. The van der Waals surface area contributed by atoms with Crippen LogP contribution in [0.2, 0.25) is 0 Å². The molecular weight excluding hydrogens is 364 g/mol. The maximum atomic E-state index is 12.1. The number of amides is 1. The Bertz CT molecular complexity index is 753. The van der Waals surface area contributed by atoms with Gasteiger partial charge in [-0.2, -0.15) is 0 Å². The lowest BCUT2D eigenvalue weighted by molar-refractivity contribution is -0.147. The van der Waals surface area contributed by atoms with E-state index in [0.29, 0.717) is 5.75 Å². The molecule has 1 fully saturated rings. The Hall–Kier alpha value is -2.33. The van der Waals surface area contributed by atoms with E-state index in [4.69, 9.17) is 9.47 Å². The summed E-state index contributed by atoms with van der Waals surface area (Å²) in [4.78, 5) is 23.4. The third-order valence-electron chi connectivity index (χ3n) is 3.63. The van der Waals surface area contributed by atoms with Gasteiger partial charge >= 0.3 is 5.97 Å². The largest absolute Gasteiger partial charge is 0.491 e. The topological polar surface area (TPSA) is 131 Å². The Morgan fingerprint density at radius 1 is 1.31 bits per heavy atom. The smallest absolute Gasteiger partial charge is 0.331 e. The highest BCUT2D eigenvalue weighted by atomic mass is 32.2. The Morgan fingerprint density at radius 3 is 2.46 bits per heavy atom. The molecule has 0 aromatic heterocycles. The standard InChI is InChI=1S/C16H22N2O7S/c1-11(2)25-13-5-3-12(4-6-13)18-26(22,23)9-14(19)17-16(15(20)21)7-8-24-10-16/h3-6,11,18H,7-10H2,1-2H3,(H,17,19)(H,20,21). The average molecular weight is 386 g/mol. The minimum absolute atomic E-state index is 0.0117. The summed E-state index contributed by atoms with van der Waals surface area (Å²) in [5, 5.41) is 11.5. The van der Waals surface area contributed by atoms with Gasteiger partial charge in [-0.25, -0.2) is 13.2 Å². The van der Waals surface area contributed by atoms with E-state index in [1.165, 1.54) is 12.1 Å². The fourth-order valence-electron chi connectivity index (χ4n) is 2.45. The van der Waals surface area contributed by atoms with Gasteiger partial charge in [0.05, 0.1) is 12.7 Å². The molecule has 1 unspecified atom stereocenters. The first kappa shape index (κ1) is 20.0. The highest BCUT2D eigenvalue weighted by Gasteiger charge is 2.44. The second kappa shape index (κ2) is 7.92. The number of carboxylic acids is 1. The number of aliphatic carboxylic acids is 1. The molecule has 1 aromatic rings. The SMILES string of the molecule is CC(C)Oc1ccc(NS(=O)(=O)CC(=O)NC2(C(=O)O)CCOC2)cc1. The number of hydrogen-bond acceptors (Lipinski definition) is 6. The second-order valence-corrected chi connectivity index (χ2v) is 8.01. The Kier molecular flexibility index (Phi) is 6.09. The van der Waals surface area contributed by atoms with E-state index in [-0.39, 0.29) is 31.4 Å². The average Bonchev–Trinajstić information content (AvgIpc) is 2.97. The second-order valence-electron chi connectivity index (χ2n) is 6.29. The normalized spacial score (nSPS) is 20.0. The highest BCUT2D eigenvalue weighted by molar-refractivity contribution is 7.93. The van der Waals surface area contributed by atoms with Crippen LogP contribution in [-0.2, 0) is 24.3 Å². The molecule has 1 atom stereocenters. The number of nitrogens with one attached hydrogen (secondary N) is 2. The van der Waals surface area contributed by atoms with Gasteiger partial charge in [0.1, 0.15) is 11.5 Å². The summed E-state index contributed by atoms with van der Waals surface area (Å²) < 4.78 is 37.0. The van der Waals surface area contributed by atoms with Gasteiger partial charge in [0.2, 0.25) is 15.9 Å². The molecule has 0 radical (unpaired) electrons. The van der Waals surface area contributed by atoms with E-state index in [2.05, 4.69) is 10.0 Å². The molecule has 9 nitrogen and oxygen atoms in total. The molecule has 3 N–H and O–H groups in total.